The maximum absolute atomic E-state index is 14.7. The van der Waals surface area contributed by atoms with Crippen LogP contribution in [0.1, 0.15) is 74.2 Å². The van der Waals surface area contributed by atoms with Gasteiger partial charge in [0.05, 0.1) is 52.3 Å². The average Bonchev–Trinajstić information content (AvgIpc) is 2.95. The van der Waals surface area contributed by atoms with Crippen molar-refractivity contribution in [3.63, 3.8) is 0 Å². The van der Waals surface area contributed by atoms with Gasteiger partial charge in [0.25, 0.3) is 10.1 Å². The van der Waals surface area contributed by atoms with Crippen molar-refractivity contribution in [2.45, 2.75) is 90.0 Å². The fraction of sp³-hybridized carbons (Fsp3) is 0.340. The van der Waals surface area contributed by atoms with Crippen LogP contribution < -0.4 is 0 Å². The fourth-order valence-electron chi connectivity index (χ4n) is 10.4. The van der Waals surface area contributed by atoms with Crippen LogP contribution in [-0.2, 0) is 49.0 Å². The Labute approximate surface area is 430 Å². The van der Waals surface area contributed by atoms with Gasteiger partial charge in [-0.3, -0.25) is 24.5 Å². The number of aliphatic hydroxyl groups is 2. The summed E-state index contributed by atoms with van der Waals surface area (Å²) in [6.45, 7) is -4.55. The summed E-state index contributed by atoms with van der Waals surface area (Å²) in [6.07, 6.45) is -7.69. The topological polar surface area (TPSA) is 280 Å². The van der Waals surface area contributed by atoms with Crippen LogP contribution in [-0.4, -0.2) is 143 Å². The first-order valence-corrected chi connectivity index (χ1v) is 24.7. The number of likely N-dealkylation sites (tertiary alicyclic amines) is 2. The molecule has 23 heteroatoms. The van der Waals surface area contributed by atoms with Gasteiger partial charge in [-0.15, -0.1) is 0 Å². The molecule has 12 rings (SSSR count). The monoisotopic (exact) mass is 1030 g/mol. The van der Waals surface area contributed by atoms with E-state index in [1.165, 1.54) is 0 Å². The lowest BCUT2D eigenvalue weighted by atomic mass is 9.96. The van der Waals surface area contributed by atoms with Crippen molar-refractivity contribution < 1.29 is 60.7 Å². The fourth-order valence-corrected chi connectivity index (χ4v) is 10.4. The van der Waals surface area contributed by atoms with E-state index in [9.17, 15) is 42.4 Å². The summed E-state index contributed by atoms with van der Waals surface area (Å²) in [6, 6.07) is 12.7. The third-order valence-electron chi connectivity index (χ3n) is 13.7. The van der Waals surface area contributed by atoms with Gasteiger partial charge in [0, 0.05) is 63.7 Å². The number of hydrogen-bond acceptors (Lipinski definition) is 13. The van der Waals surface area contributed by atoms with Crippen LogP contribution in [0.15, 0.2) is 60.7 Å². The zero-order chi connectivity index (χ0) is 59.8. The molecule has 2 unspecified atom stereocenters. The van der Waals surface area contributed by atoms with Gasteiger partial charge in [0.15, 0.2) is 34.8 Å². The molecule has 4 aromatic heterocycles. The van der Waals surface area contributed by atoms with E-state index in [4.69, 9.17) is 28.2 Å². The van der Waals surface area contributed by atoms with Gasteiger partial charge in [-0.2, -0.15) is 18.6 Å². The van der Waals surface area contributed by atoms with Crippen molar-refractivity contribution in [2.24, 2.45) is 0 Å². The zero-order valence-electron chi connectivity index (χ0n) is 48.4. The number of hydrogen-bond donors (Lipinski definition) is 9. The van der Waals surface area contributed by atoms with Crippen LogP contribution in [0.4, 0.5) is 13.6 Å². The highest BCUT2D eigenvalue weighted by Crippen LogP contribution is 2.39. The number of urea groups is 1. The lowest BCUT2D eigenvalue weighted by molar-refractivity contribution is -0.0181. The minimum absolute atomic E-state index is 0.0591. The molecule has 2 saturated heterocycles. The summed E-state index contributed by atoms with van der Waals surface area (Å²) in [4.78, 5) is 38.2. The van der Waals surface area contributed by atoms with E-state index in [0.717, 1.165) is 35.7 Å². The van der Waals surface area contributed by atoms with Crippen molar-refractivity contribution in [1.29, 1.82) is 0 Å². The Balaban J connectivity index is 0.00000138. The number of imidazole rings is 2. The predicted octanol–water partition coefficient (Wildman–Crippen LogP) is 6.11. The highest BCUT2D eigenvalue weighted by molar-refractivity contribution is 7.85. The highest BCUT2D eigenvalue weighted by atomic mass is 32.2. The Hall–Kier alpha value is -7.28. The first-order valence-electron chi connectivity index (χ1n) is 27.8. The number of aliphatic hydroxyl groups excluding tert-OH is 2. The number of H-pyrrole nitrogens is 4. The largest absolute Gasteiger partial charge is 0.505 e. The second kappa shape index (κ2) is 18.3. The molecule has 380 valence electrons. The molecule has 4 aromatic carbocycles. The predicted molar refractivity (Wildman–Crippen MR) is 264 cm³/mol. The first kappa shape index (κ1) is 37.5. The number of halogens is 2. The van der Waals surface area contributed by atoms with Crippen LogP contribution in [0.3, 0.4) is 0 Å². The molecule has 8 heterocycles. The Morgan fingerprint density at radius 3 is 1.53 bits per heavy atom. The number of phenols is 2. The molecule has 4 aliphatic heterocycles. The molecule has 0 radical (unpaired) electrons. The minimum atomic E-state index is -3.67. The number of fused-ring (bicyclic) bond motifs is 4. The van der Waals surface area contributed by atoms with E-state index in [-0.39, 0.29) is 54.5 Å². The summed E-state index contributed by atoms with van der Waals surface area (Å²) in [5.74, 6) is -3.02. The second-order valence-electron chi connectivity index (χ2n) is 18.4. The van der Waals surface area contributed by atoms with Gasteiger partial charge < -0.3 is 40.2 Å². The summed E-state index contributed by atoms with van der Waals surface area (Å²) in [7, 11) is -3.67. The summed E-state index contributed by atoms with van der Waals surface area (Å²) >= 11 is 0. The van der Waals surface area contributed by atoms with Gasteiger partial charge in [0.2, 0.25) is 0 Å². The standard InChI is InChI=1S/C49H48F2N12O5.CH4O3S/c1-3-23-15-41(66)31(50)17-29(23)25-5-7-27-33(13-25)56-58-43(27)45-52-35-19-60(20-36(35)53-45)47-39(64)9-11-62(47)49(68)63-12-10-40(65)48(63)61-21-37-38(22-61)55-46(54-37)44-28-8-6-26(14-34(28)57-59-44)30-18-32(51)42(67)16-24(30)4-2;1-5(2,3)4/h5-8,13-18,39-40,47-48,64-67H,3-4,9-12,19-22H2,1-2H3,(H,52,53)(H,54,55)(H,56,58)(H,57,59);1H3,(H,2,3,4)/t39?,40?,47-,48-;/m0./s1/i1D3,2D3,3D2,4D2;. The number of aryl methyl sites for hydroxylation is 2. The smallest absolute Gasteiger partial charge is 0.322 e. The third kappa shape index (κ3) is 8.74. The molecule has 0 saturated carbocycles. The lowest BCUT2D eigenvalue weighted by Gasteiger charge is -2.39. The SMILES string of the molecule is CS(=O)(=O)O.[2H]C([2H])([2H])C([2H])([2H])c1cc(O)c(F)cc1-c1ccc2c(-c3nc4c([nH]3)CN([C@@H]3C(O)CCN3C(=O)N3CCC(O)[C@H]3N3Cc5nc(-c6n[nH]c7cc(-c8cc(F)c(O)cc8C([2H])([2H])C([2H])([2H])[2H])ccc67)[nH]c5C3)C4)n[nH]c2c1. The molecule has 0 aliphatic carbocycles. The van der Waals surface area contributed by atoms with Crippen molar-refractivity contribution >= 4 is 38.0 Å². The van der Waals surface area contributed by atoms with E-state index in [1.807, 2.05) is 9.80 Å². The minimum Gasteiger partial charge on any atom is -0.505 e. The number of rotatable bonds is 8. The molecule has 2 amide bonds. The van der Waals surface area contributed by atoms with Gasteiger partial charge in [-0.25, -0.2) is 23.5 Å². The van der Waals surface area contributed by atoms with Gasteiger partial charge in [0.1, 0.15) is 23.7 Å². The number of aromatic hydroxyl groups is 2. The normalized spacial score (nSPS) is 22.9. The van der Waals surface area contributed by atoms with E-state index >= 15 is 0 Å². The molecule has 73 heavy (non-hydrogen) atoms. The molecular weight excluding hydrogens is 967 g/mol. The number of aromatic amines is 4. The van der Waals surface area contributed by atoms with Crippen molar-refractivity contribution in [1.82, 2.24) is 59.9 Å². The molecule has 4 atom stereocenters. The quantitative estimate of drug-likeness (QED) is 0.0778. The van der Waals surface area contributed by atoms with Crippen molar-refractivity contribution in [3.8, 4) is 56.8 Å². The maximum atomic E-state index is 14.7. The molecule has 0 bridgehead atoms. The molecular formula is C50H52F2N12O8S. The van der Waals surface area contributed by atoms with Gasteiger partial charge in [-0.05, 0) is 107 Å². The molecule has 20 nitrogen and oxygen atoms in total. The number of amides is 2. The molecule has 2 fully saturated rings. The number of aromatic nitrogens is 8. The van der Waals surface area contributed by atoms with Gasteiger partial charge >= 0.3 is 6.03 Å². The highest BCUT2D eigenvalue weighted by Gasteiger charge is 2.49. The Morgan fingerprint density at radius 2 is 1.14 bits per heavy atom. The Bertz CT molecular complexity index is 3730. The Kier molecular flexibility index (Phi) is 9.41. The van der Waals surface area contributed by atoms with Crippen LogP contribution >= 0.6 is 0 Å². The van der Waals surface area contributed by atoms with E-state index in [0.29, 0.717) is 88.4 Å². The zero-order valence-corrected chi connectivity index (χ0v) is 39.3. The van der Waals surface area contributed by atoms with E-state index in [2.05, 4.69) is 30.4 Å². The third-order valence-corrected chi connectivity index (χ3v) is 13.7. The van der Waals surface area contributed by atoms with Crippen LogP contribution in [0.2, 0.25) is 0 Å². The molecule has 8 aromatic rings. The number of nitrogens with one attached hydrogen (secondary N) is 4. The Morgan fingerprint density at radius 1 is 0.712 bits per heavy atom. The summed E-state index contributed by atoms with van der Waals surface area (Å²) in [5, 5.41) is 59.0. The summed E-state index contributed by atoms with van der Waals surface area (Å²) < 4.78 is 135. The van der Waals surface area contributed by atoms with E-state index in [1.54, 1.807) is 46.2 Å². The van der Waals surface area contributed by atoms with Crippen LogP contribution in [0.5, 0.6) is 11.5 Å². The first-order chi connectivity index (χ1) is 38.8. The molecule has 9 N–H and O–H groups in total. The number of phenolic OH excluding ortho intramolecular Hbond substituents is 2. The number of carbonyl (C=O) groups is 1. The van der Waals surface area contributed by atoms with E-state index < -0.39 is 95.4 Å². The maximum Gasteiger partial charge on any atom is 0.322 e. The molecule has 0 spiro atoms. The lowest BCUT2D eigenvalue weighted by Crippen LogP contribution is -2.57. The van der Waals surface area contributed by atoms with Crippen LogP contribution in [0, 0.1) is 11.6 Å². The van der Waals surface area contributed by atoms with Crippen molar-refractivity contribution in [2.75, 3.05) is 19.3 Å². The number of carbonyl (C=O) groups excluding carboxylic acids is 1. The molecule has 4 aliphatic rings. The van der Waals surface area contributed by atoms with Crippen molar-refractivity contribution in [3.05, 3.63) is 106 Å². The number of nitrogens with zero attached hydrogens (tertiary/aromatic N) is 8. The van der Waals surface area contributed by atoms with Crippen LogP contribution in [0.25, 0.3) is 67.1 Å². The summed E-state index contributed by atoms with van der Waals surface area (Å²) in [5.41, 5.74) is 4.25. The average molecular weight is 1030 g/mol. The second-order valence-corrected chi connectivity index (χ2v) is 19.9. The van der Waals surface area contributed by atoms with Gasteiger partial charge in [-0.1, -0.05) is 25.8 Å². The number of benzene rings is 4.